The molecule has 0 saturated carbocycles. The molecule has 1 atom stereocenters. The molecule has 0 aliphatic heterocycles. The zero-order chi connectivity index (χ0) is 16.0. The first-order valence-corrected chi connectivity index (χ1v) is 6.61. The quantitative estimate of drug-likeness (QED) is 0.593. The standard InChI is InChI=1S/C15H19NO5/c1-9(2)7-13(15(19)20)21-16-14(18)12-6-4-5-11(8-12)10(3)17/h4-6,8-9,13H,7H2,1-3H3,(H,16,18)(H,19,20)/t13-/m1/s1. The van der Waals surface area contributed by atoms with E-state index in [-0.39, 0.29) is 23.7 Å². The van der Waals surface area contributed by atoms with Gasteiger partial charge in [0.1, 0.15) is 0 Å². The fourth-order valence-corrected chi connectivity index (χ4v) is 1.69. The number of nitrogens with one attached hydrogen (secondary N) is 1. The average molecular weight is 293 g/mol. The number of carboxylic acid groups (broad SMARTS) is 1. The van der Waals surface area contributed by atoms with Crippen molar-refractivity contribution >= 4 is 17.7 Å². The van der Waals surface area contributed by atoms with Crippen LogP contribution in [0.2, 0.25) is 0 Å². The van der Waals surface area contributed by atoms with Gasteiger partial charge < -0.3 is 5.11 Å². The Kier molecular flexibility index (Phi) is 6.05. The molecule has 0 aliphatic rings. The maximum atomic E-state index is 11.9. The Balaban J connectivity index is 2.70. The second-order valence-corrected chi connectivity index (χ2v) is 5.14. The van der Waals surface area contributed by atoms with Crippen LogP contribution >= 0.6 is 0 Å². The summed E-state index contributed by atoms with van der Waals surface area (Å²) >= 11 is 0. The first-order chi connectivity index (χ1) is 9.81. The maximum absolute atomic E-state index is 11.9. The van der Waals surface area contributed by atoms with Crippen LogP contribution in [0.3, 0.4) is 0 Å². The Morgan fingerprint density at radius 1 is 1.24 bits per heavy atom. The molecule has 0 fully saturated rings. The van der Waals surface area contributed by atoms with E-state index in [1.165, 1.54) is 19.1 Å². The molecule has 114 valence electrons. The predicted molar refractivity (Wildman–Crippen MR) is 75.9 cm³/mol. The molecule has 0 saturated heterocycles. The Hall–Kier alpha value is -2.21. The maximum Gasteiger partial charge on any atom is 0.335 e. The molecule has 0 aromatic heterocycles. The van der Waals surface area contributed by atoms with E-state index in [2.05, 4.69) is 5.48 Å². The minimum absolute atomic E-state index is 0.115. The lowest BCUT2D eigenvalue weighted by molar-refractivity contribution is -0.155. The lowest BCUT2D eigenvalue weighted by atomic mass is 10.1. The summed E-state index contributed by atoms with van der Waals surface area (Å²) in [5.41, 5.74) is 2.76. The number of hydroxylamine groups is 1. The number of Topliss-reactive ketones (excluding diaryl/α,β-unsaturated/α-hetero) is 1. The van der Waals surface area contributed by atoms with Crippen molar-refractivity contribution < 1.29 is 24.3 Å². The van der Waals surface area contributed by atoms with Crippen molar-refractivity contribution in [3.05, 3.63) is 35.4 Å². The molecule has 6 nitrogen and oxygen atoms in total. The second-order valence-electron chi connectivity index (χ2n) is 5.14. The number of ketones is 1. The highest BCUT2D eigenvalue weighted by Gasteiger charge is 2.21. The zero-order valence-corrected chi connectivity index (χ0v) is 12.3. The van der Waals surface area contributed by atoms with Gasteiger partial charge in [-0.2, -0.15) is 0 Å². The lowest BCUT2D eigenvalue weighted by Crippen LogP contribution is -2.35. The largest absolute Gasteiger partial charge is 0.479 e. The Labute approximate surface area is 123 Å². The third-order valence-corrected chi connectivity index (χ3v) is 2.79. The van der Waals surface area contributed by atoms with E-state index >= 15 is 0 Å². The molecular weight excluding hydrogens is 274 g/mol. The number of hydrogen-bond donors (Lipinski definition) is 2. The second kappa shape index (κ2) is 7.54. The van der Waals surface area contributed by atoms with E-state index in [0.29, 0.717) is 5.56 Å². The smallest absolute Gasteiger partial charge is 0.335 e. The molecule has 1 aromatic rings. The molecule has 0 radical (unpaired) electrons. The highest BCUT2D eigenvalue weighted by Crippen LogP contribution is 2.09. The number of amides is 1. The van der Waals surface area contributed by atoms with Crippen LogP contribution in [0.15, 0.2) is 24.3 Å². The fraction of sp³-hybridized carbons (Fsp3) is 0.400. The van der Waals surface area contributed by atoms with E-state index in [1.54, 1.807) is 12.1 Å². The van der Waals surface area contributed by atoms with E-state index in [0.717, 1.165) is 0 Å². The number of carbonyl (C=O) groups is 3. The highest BCUT2D eigenvalue weighted by molar-refractivity contribution is 5.99. The summed E-state index contributed by atoms with van der Waals surface area (Å²) in [6.45, 7) is 5.12. The van der Waals surface area contributed by atoms with Gasteiger partial charge in [-0.3, -0.25) is 14.4 Å². The van der Waals surface area contributed by atoms with Crippen LogP contribution in [-0.4, -0.2) is 28.9 Å². The summed E-state index contributed by atoms with van der Waals surface area (Å²) in [6.07, 6.45) is -0.826. The Morgan fingerprint density at radius 2 is 1.86 bits per heavy atom. The topological polar surface area (TPSA) is 92.7 Å². The predicted octanol–water partition coefficient (Wildman–Crippen LogP) is 2.05. The molecular formula is C15H19NO5. The molecule has 21 heavy (non-hydrogen) atoms. The van der Waals surface area contributed by atoms with Gasteiger partial charge in [-0.05, 0) is 31.4 Å². The molecule has 1 aromatic carbocycles. The van der Waals surface area contributed by atoms with Gasteiger partial charge in [0.2, 0.25) is 0 Å². The van der Waals surface area contributed by atoms with Gasteiger partial charge in [0.25, 0.3) is 5.91 Å². The Morgan fingerprint density at radius 3 is 2.38 bits per heavy atom. The van der Waals surface area contributed by atoms with Crippen molar-refractivity contribution in [3.8, 4) is 0 Å². The van der Waals surface area contributed by atoms with Crippen molar-refractivity contribution in [2.45, 2.75) is 33.3 Å². The summed E-state index contributed by atoms with van der Waals surface area (Å²) in [5, 5.41) is 9.00. The van der Waals surface area contributed by atoms with Gasteiger partial charge >= 0.3 is 5.97 Å². The van der Waals surface area contributed by atoms with Crippen LogP contribution in [0.1, 0.15) is 47.9 Å². The van der Waals surface area contributed by atoms with E-state index in [9.17, 15) is 14.4 Å². The van der Waals surface area contributed by atoms with Crippen molar-refractivity contribution in [3.63, 3.8) is 0 Å². The van der Waals surface area contributed by atoms with E-state index in [1.807, 2.05) is 13.8 Å². The molecule has 1 amide bonds. The van der Waals surface area contributed by atoms with Crippen molar-refractivity contribution in [1.82, 2.24) is 5.48 Å². The number of hydrogen-bond acceptors (Lipinski definition) is 4. The van der Waals surface area contributed by atoms with Gasteiger partial charge in [0, 0.05) is 11.1 Å². The average Bonchev–Trinajstić information content (AvgIpc) is 2.42. The van der Waals surface area contributed by atoms with E-state index < -0.39 is 18.0 Å². The van der Waals surface area contributed by atoms with Crippen LogP contribution in [0.4, 0.5) is 0 Å². The molecule has 1 rings (SSSR count). The zero-order valence-electron chi connectivity index (χ0n) is 12.3. The van der Waals surface area contributed by atoms with Gasteiger partial charge in [-0.15, -0.1) is 0 Å². The molecule has 0 spiro atoms. The fourth-order valence-electron chi connectivity index (χ4n) is 1.69. The van der Waals surface area contributed by atoms with E-state index in [4.69, 9.17) is 9.94 Å². The molecule has 2 N–H and O–H groups in total. The minimum Gasteiger partial charge on any atom is -0.479 e. The normalized spacial score (nSPS) is 12.0. The number of carbonyl (C=O) groups excluding carboxylic acids is 2. The summed E-state index contributed by atoms with van der Waals surface area (Å²) in [6, 6.07) is 6.12. The molecule has 6 heteroatoms. The van der Waals surface area contributed by atoms with Crippen LogP contribution in [0, 0.1) is 5.92 Å². The summed E-state index contributed by atoms with van der Waals surface area (Å²) < 4.78 is 0. The van der Waals surface area contributed by atoms with Crippen molar-refractivity contribution in [1.29, 1.82) is 0 Å². The third-order valence-electron chi connectivity index (χ3n) is 2.79. The van der Waals surface area contributed by atoms with Gasteiger partial charge in [-0.1, -0.05) is 26.0 Å². The van der Waals surface area contributed by atoms with Crippen LogP contribution in [0.25, 0.3) is 0 Å². The van der Waals surface area contributed by atoms with Gasteiger partial charge in [0.05, 0.1) is 0 Å². The number of carboxylic acids is 1. The molecule has 0 unspecified atom stereocenters. The molecule has 0 heterocycles. The van der Waals surface area contributed by atoms with Gasteiger partial charge in [-0.25, -0.2) is 10.3 Å². The third kappa shape index (κ3) is 5.35. The van der Waals surface area contributed by atoms with Crippen molar-refractivity contribution in [2.75, 3.05) is 0 Å². The minimum atomic E-state index is -1.14. The van der Waals surface area contributed by atoms with Crippen LogP contribution < -0.4 is 5.48 Å². The SMILES string of the molecule is CC(=O)c1cccc(C(=O)NO[C@H](CC(C)C)C(=O)O)c1. The Bertz CT molecular complexity index is 539. The van der Waals surface area contributed by atoms with Crippen LogP contribution in [0.5, 0.6) is 0 Å². The van der Waals surface area contributed by atoms with Crippen molar-refractivity contribution in [2.24, 2.45) is 5.92 Å². The lowest BCUT2D eigenvalue weighted by Gasteiger charge is -2.15. The summed E-state index contributed by atoms with van der Waals surface area (Å²) in [4.78, 5) is 39.1. The first-order valence-electron chi connectivity index (χ1n) is 6.61. The van der Waals surface area contributed by atoms with Crippen LogP contribution in [-0.2, 0) is 9.63 Å². The molecule has 0 aliphatic carbocycles. The van der Waals surface area contributed by atoms with Gasteiger partial charge in [0.15, 0.2) is 11.9 Å². The number of aliphatic carboxylic acids is 1. The summed E-state index contributed by atoms with van der Waals surface area (Å²) in [5.74, 6) is -1.77. The monoisotopic (exact) mass is 293 g/mol. The molecule has 0 bridgehead atoms. The first kappa shape index (κ1) is 16.8. The highest BCUT2D eigenvalue weighted by atomic mass is 16.7. The number of benzene rings is 1. The number of rotatable bonds is 7. The summed E-state index contributed by atoms with van der Waals surface area (Å²) in [7, 11) is 0.